The average molecular weight is 204 g/mol. The van der Waals surface area contributed by atoms with Crippen molar-refractivity contribution in [2.45, 2.75) is 32.4 Å². The molecule has 1 rings (SSSR count). The molecule has 2 unspecified atom stereocenters. The highest BCUT2D eigenvalue weighted by molar-refractivity contribution is 5.36. The molecular formula is C12H16N2O. The highest BCUT2D eigenvalue weighted by Crippen LogP contribution is 2.25. The van der Waals surface area contributed by atoms with Gasteiger partial charge in [-0.2, -0.15) is 5.26 Å². The number of nitriles is 1. The van der Waals surface area contributed by atoms with E-state index in [4.69, 9.17) is 15.7 Å². The number of para-hydroxylation sites is 1. The van der Waals surface area contributed by atoms with E-state index in [0.717, 1.165) is 12.0 Å². The predicted molar refractivity (Wildman–Crippen MR) is 59.4 cm³/mol. The van der Waals surface area contributed by atoms with Gasteiger partial charge in [0, 0.05) is 11.6 Å². The standard InChI is InChI=1S/C12H16N2O/c1-3-11(14)10-6-4-5-7-12(10)15-9(2)8-13/h4-7,9,11H,3,14H2,1-2H3. The van der Waals surface area contributed by atoms with Crippen LogP contribution in [0.2, 0.25) is 0 Å². The summed E-state index contributed by atoms with van der Waals surface area (Å²) in [6.45, 7) is 3.74. The summed E-state index contributed by atoms with van der Waals surface area (Å²) in [6, 6.07) is 9.59. The topological polar surface area (TPSA) is 59.0 Å². The third kappa shape index (κ3) is 2.97. The molecule has 0 heterocycles. The first-order chi connectivity index (χ1) is 7.19. The van der Waals surface area contributed by atoms with Gasteiger partial charge < -0.3 is 10.5 Å². The van der Waals surface area contributed by atoms with Crippen molar-refractivity contribution in [1.82, 2.24) is 0 Å². The maximum absolute atomic E-state index is 8.68. The van der Waals surface area contributed by atoms with E-state index in [0.29, 0.717) is 5.75 Å². The fourth-order valence-electron chi connectivity index (χ4n) is 1.33. The van der Waals surface area contributed by atoms with Crippen LogP contribution < -0.4 is 10.5 Å². The van der Waals surface area contributed by atoms with Crippen molar-refractivity contribution in [1.29, 1.82) is 5.26 Å². The third-order valence-electron chi connectivity index (χ3n) is 2.24. The average Bonchev–Trinajstić information content (AvgIpc) is 2.28. The summed E-state index contributed by atoms with van der Waals surface area (Å²) in [7, 11) is 0. The number of rotatable bonds is 4. The van der Waals surface area contributed by atoms with Crippen LogP contribution in [0.4, 0.5) is 0 Å². The summed E-state index contributed by atoms with van der Waals surface area (Å²) in [5.41, 5.74) is 6.91. The minimum Gasteiger partial charge on any atom is -0.476 e. The Morgan fingerprint density at radius 1 is 1.47 bits per heavy atom. The van der Waals surface area contributed by atoms with E-state index in [1.807, 2.05) is 37.3 Å². The quantitative estimate of drug-likeness (QED) is 0.819. The van der Waals surface area contributed by atoms with Crippen molar-refractivity contribution in [3.05, 3.63) is 29.8 Å². The fraction of sp³-hybridized carbons (Fsp3) is 0.417. The molecule has 3 heteroatoms. The zero-order valence-corrected chi connectivity index (χ0v) is 9.10. The molecule has 0 amide bonds. The van der Waals surface area contributed by atoms with E-state index in [2.05, 4.69) is 0 Å². The second-order valence-electron chi connectivity index (χ2n) is 3.44. The summed E-state index contributed by atoms with van der Waals surface area (Å²) in [5.74, 6) is 0.709. The lowest BCUT2D eigenvalue weighted by Crippen LogP contribution is -2.14. The summed E-state index contributed by atoms with van der Waals surface area (Å²) in [5, 5.41) is 8.68. The Bertz CT molecular complexity index is 357. The van der Waals surface area contributed by atoms with Crippen molar-refractivity contribution in [2.24, 2.45) is 5.73 Å². The monoisotopic (exact) mass is 204 g/mol. The van der Waals surface area contributed by atoms with Crippen LogP contribution in [0.1, 0.15) is 31.9 Å². The molecule has 0 spiro atoms. The Kier molecular flexibility index (Phi) is 4.14. The molecule has 1 aromatic rings. The first kappa shape index (κ1) is 11.5. The van der Waals surface area contributed by atoms with Crippen LogP contribution in [0, 0.1) is 11.3 Å². The Balaban J connectivity index is 2.92. The van der Waals surface area contributed by atoms with E-state index in [9.17, 15) is 0 Å². The smallest absolute Gasteiger partial charge is 0.181 e. The van der Waals surface area contributed by atoms with Gasteiger partial charge in [0.2, 0.25) is 0 Å². The lowest BCUT2D eigenvalue weighted by molar-refractivity contribution is 0.272. The van der Waals surface area contributed by atoms with Gasteiger partial charge in [-0.3, -0.25) is 0 Å². The van der Waals surface area contributed by atoms with Crippen molar-refractivity contribution < 1.29 is 4.74 Å². The molecule has 15 heavy (non-hydrogen) atoms. The zero-order valence-electron chi connectivity index (χ0n) is 9.10. The Hall–Kier alpha value is -1.53. The SMILES string of the molecule is CCC(N)c1ccccc1OC(C)C#N. The summed E-state index contributed by atoms with van der Waals surface area (Å²) >= 11 is 0. The molecule has 3 nitrogen and oxygen atoms in total. The van der Waals surface area contributed by atoms with Gasteiger partial charge in [-0.15, -0.1) is 0 Å². The number of hydrogen-bond donors (Lipinski definition) is 1. The summed E-state index contributed by atoms with van der Waals surface area (Å²) < 4.78 is 5.48. The Morgan fingerprint density at radius 2 is 2.13 bits per heavy atom. The van der Waals surface area contributed by atoms with Crippen LogP contribution in [0.5, 0.6) is 5.75 Å². The van der Waals surface area contributed by atoms with Gasteiger partial charge in [0.15, 0.2) is 6.10 Å². The Labute approximate surface area is 90.5 Å². The summed E-state index contributed by atoms with van der Waals surface area (Å²) in [6.07, 6.45) is 0.400. The first-order valence-electron chi connectivity index (χ1n) is 5.09. The van der Waals surface area contributed by atoms with Crippen molar-refractivity contribution in [2.75, 3.05) is 0 Å². The number of benzene rings is 1. The minimum absolute atomic E-state index is 0.0351. The molecule has 0 aliphatic carbocycles. The van der Waals surface area contributed by atoms with Crippen molar-refractivity contribution in [3.63, 3.8) is 0 Å². The van der Waals surface area contributed by atoms with Gasteiger partial charge >= 0.3 is 0 Å². The normalized spacial score (nSPS) is 14.0. The molecular weight excluding hydrogens is 188 g/mol. The number of ether oxygens (including phenoxy) is 1. The summed E-state index contributed by atoms with van der Waals surface area (Å²) in [4.78, 5) is 0. The third-order valence-corrected chi connectivity index (χ3v) is 2.24. The van der Waals surface area contributed by atoms with E-state index in [1.54, 1.807) is 6.92 Å². The van der Waals surface area contributed by atoms with Gasteiger partial charge in [-0.1, -0.05) is 25.1 Å². The molecule has 0 bridgehead atoms. The van der Waals surface area contributed by atoms with E-state index in [-0.39, 0.29) is 6.04 Å². The first-order valence-corrected chi connectivity index (χ1v) is 5.09. The van der Waals surface area contributed by atoms with Crippen LogP contribution >= 0.6 is 0 Å². The van der Waals surface area contributed by atoms with Crippen LogP contribution in [-0.2, 0) is 0 Å². The van der Waals surface area contributed by atoms with Crippen LogP contribution in [0.3, 0.4) is 0 Å². The van der Waals surface area contributed by atoms with Crippen LogP contribution in [-0.4, -0.2) is 6.10 Å². The fourth-order valence-corrected chi connectivity index (χ4v) is 1.33. The second-order valence-corrected chi connectivity index (χ2v) is 3.44. The molecule has 0 aromatic heterocycles. The lowest BCUT2D eigenvalue weighted by atomic mass is 10.0. The number of nitrogens with two attached hydrogens (primary N) is 1. The predicted octanol–water partition coefficient (Wildman–Crippen LogP) is 2.39. The van der Waals surface area contributed by atoms with Gasteiger partial charge in [0.05, 0.1) is 0 Å². The van der Waals surface area contributed by atoms with E-state index >= 15 is 0 Å². The van der Waals surface area contributed by atoms with Gasteiger partial charge in [-0.25, -0.2) is 0 Å². The van der Waals surface area contributed by atoms with E-state index in [1.165, 1.54) is 0 Å². The van der Waals surface area contributed by atoms with Gasteiger partial charge in [-0.05, 0) is 19.4 Å². The largest absolute Gasteiger partial charge is 0.476 e. The molecule has 0 fully saturated rings. The zero-order chi connectivity index (χ0) is 11.3. The van der Waals surface area contributed by atoms with Gasteiger partial charge in [0.1, 0.15) is 11.8 Å². The van der Waals surface area contributed by atoms with E-state index < -0.39 is 6.10 Å². The molecule has 1 aromatic carbocycles. The lowest BCUT2D eigenvalue weighted by Gasteiger charge is -2.16. The maximum Gasteiger partial charge on any atom is 0.181 e. The molecule has 2 atom stereocenters. The molecule has 0 saturated carbocycles. The Morgan fingerprint density at radius 3 is 2.73 bits per heavy atom. The highest BCUT2D eigenvalue weighted by atomic mass is 16.5. The van der Waals surface area contributed by atoms with Gasteiger partial charge in [0.25, 0.3) is 0 Å². The maximum atomic E-state index is 8.68. The number of hydrogen-bond acceptors (Lipinski definition) is 3. The second kappa shape index (κ2) is 5.38. The molecule has 80 valence electrons. The number of nitrogens with zero attached hydrogens (tertiary/aromatic N) is 1. The molecule has 0 radical (unpaired) electrons. The molecule has 0 aliphatic heterocycles. The van der Waals surface area contributed by atoms with Crippen molar-refractivity contribution in [3.8, 4) is 11.8 Å². The molecule has 0 saturated heterocycles. The molecule has 0 aliphatic rings. The van der Waals surface area contributed by atoms with Crippen LogP contribution in [0.15, 0.2) is 24.3 Å². The highest BCUT2D eigenvalue weighted by Gasteiger charge is 2.11. The van der Waals surface area contributed by atoms with Crippen molar-refractivity contribution >= 4 is 0 Å². The minimum atomic E-state index is -0.449. The molecule has 2 N–H and O–H groups in total. The van der Waals surface area contributed by atoms with Crippen LogP contribution in [0.25, 0.3) is 0 Å².